The molecule has 1 aliphatic heterocycles. The van der Waals surface area contributed by atoms with Gasteiger partial charge in [0.05, 0.1) is 0 Å². The molecule has 1 amide bonds. The van der Waals surface area contributed by atoms with E-state index in [1.807, 2.05) is 0 Å². The van der Waals surface area contributed by atoms with Gasteiger partial charge in [-0.25, -0.2) is 8.42 Å². The second-order valence-electron chi connectivity index (χ2n) is 4.79. The highest BCUT2D eigenvalue weighted by atomic mass is 35.5. The summed E-state index contributed by atoms with van der Waals surface area (Å²) >= 11 is 0. The summed E-state index contributed by atoms with van der Waals surface area (Å²) < 4.78 is 21.5. The average Bonchev–Trinajstić information content (AvgIpc) is 2.64. The fraction of sp³-hybridized carbons (Fsp3) is 0.900. The predicted molar refractivity (Wildman–Crippen MR) is 70.2 cm³/mol. The Morgan fingerprint density at radius 1 is 1.47 bits per heavy atom. The number of nitrogens with one attached hydrogen (secondary N) is 2. The maximum Gasteiger partial charge on any atom is 0.240 e. The van der Waals surface area contributed by atoms with Gasteiger partial charge in [0.25, 0.3) is 0 Å². The van der Waals surface area contributed by atoms with Crippen LogP contribution in [0.25, 0.3) is 0 Å². The fourth-order valence-corrected chi connectivity index (χ4v) is 1.94. The Kier molecular flexibility index (Phi) is 5.90. The van der Waals surface area contributed by atoms with Gasteiger partial charge in [0.2, 0.25) is 5.91 Å². The first kappa shape index (κ1) is 16.7. The van der Waals surface area contributed by atoms with Crippen molar-refractivity contribution in [3.8, 4) is 0 Å². The molecule has 17 heavy (non-hydrogen) atoms. The van der Waals surface area contributed by atoms with Crippen molar-refractivity contribution in [3.05, 3.63) is 0 Å². The van der Waals surface area contributed by atoms with E-state index in [0.29, 0.717) is 6.54 Å². The Morgan fingerprint density at radius 3 is 2.47 bits per heavy atom. The summed E-state index contributed by atoms with van der Waals surface area (Å²) in [5, 5.41) is 5.93. The molecule has 1 heterocycles. The van der Waals surface area contributed by atoms with Crippen molar-refractivity contribution < 1.29 is 13.2 Å². The zero-order chi connectivity index (χ0) is 12.4. The molecule has 0 aromatic carbocycles. The molecule has 0 radical (unpaired) electrons. The first-order chi connectivity index (χ1) is 7.25. The lowest BCUT2D eigenvalue weighted by Crippen LogP contribution is -2.50. The third kappa shape index (κ3) is 4.12. The molecule has 0 aromatic rings. The second-order valence-corrected chi connectivity index (χ2v) is 7.35. The van der Waals surface area contributed by atoms with Crippen LogP contribution in [-0.2, 0) is 14.6 Å². The highest BCUT2D eigenvalue weighted by molar-refractivity contribution is 7.92. The summed E-state index contributed by atoms with van der Waals surface area (Å²) in [4.78, 5) is 11.8. The van der Waals surface area contributed by atoms with Gasteiger partial charge in [0, 0.05) is 18.8 Å². The van der Waals surface area contributed by atoms with E-state index in [1.165, 1.54) is 13.8 Å². The van der Waals surface area contributed by atoms with Crippen molar-refractivity contribution in [2.45, 2.75) is 37.5 Å². The summed E-state index contributed by atoms with van der Waals surface area (Å²) in [6, 6.07) is 0.277. The molecule has 1 rings (SSSR count). The number of carbonyl (C=O) groups excluding carboxylic acids is 1. The van der Waals surface area contributed by atoms with E-state index in [0.717, 1.165) is 25.6 Å². The largest absolute Gasteiger partial charge is 0.353 e. The van der Waals surface area contributed by atoms with Crippen molar-refractivity contribution in [1.82, 2.24) is 10.6 Å². The SMILES string of the molecule is CC(C)(C(=O)NCC1CCCN1)S(C)(=O)=O.Cl. The van der Waals surface area contributed by atoms with Crippen LogP contribution in [0.3, 0.4) is 0 Å². The molecule has 2 N–H and O–H groups in total. The van der Waals surface area contributed by atoms with Crippen molar-refractivity contribution in [2.75, 3.05) is 19.3 Å². The molecule has 0 spiro atoms. The van der Waals surface area contributed by atoms with Gasteiger partial charge < -0.3 is 10.6 Å². The first-order valence-corrected chi connectivity index (χ1v) is 7.35. The lowest BCUT2D eigenvalue weighted by molar-refractivity contribution is -0.122. The molecule has 0 aromatic heterocycles. The minimum absolute atomic E-state index is 0. The zero-order valence-electron chi connectivity index (χ0n) is 10.4. The molecular weight excluding hydrogens is 264 g/mol. The Labute approximate surface area is 109 Å². The van der Waals surface area contributed by atoms with E-state index in [-0.39, 0.29) is 18.4 Å². The van der Waals surface area contributed by atoms with E-state index >= 15 is 0 Å². The van der Waals surface area contributed by atoms with Crippen molar-refractivity contribution in [3.63, 3.8) is 0 Å². The van der Waals surface area contributed by atoms with Crippen LogP contribution in [0, 0.1) is 0 Å². The van der Waals surface area contributed by atoms with Crippen LogP contribution in [0.2, 0.25) is 0 Å². The quantitative estimate of drug-likeness (QED) is 0.768. The van der Waals surface area contributed by atoms with Gasteiger partial charge in [0.15, 0.2) is 9.84 Å². The van der Waals surface area contributed by atoms with Crippen molar-refractivity contribution in [2.24, 2.45) is 0 Å². The molecule has 0 aliphatic carbocycles. The van der Waals surface area contributed by atoms with E-state index in [2.05, 4.69) is 10.6 Å². The van der Waals surface area contributed by atoms with Crippen LogP contribution in [-0.4, -0.2) is 44.5 Å². The standard InChI is InChI=1S/C10H20N2O3S.ClH/c1-10(2,16(3,14)15)9(13)12-7-8-5-4-6-11-8;/h8,11H,4-7H2,1-3H3,(H,12,13);1H. The van der Waals surface area contributed by atoms with E-state index in [1.54, 1.807) is 0 Å². The molecule has 0 bridgehead atoms. The normalized spacial score (nSPS) is 20.8. The van der Waals surface area contributed by atoms with Gasteiger partial charge in [-0.05, 0) is 33.2 Å². The fourth-order valence-electron chi connectivity index (χ4n) is 1.53. The van der Waals surface area contributed by atoms with Crippen LogP contribution >= 0.6 is 12.4 Å². The molecule has 1 fully saturated rings. The lowest BCUT2D eigenvalue weighted by Gasteiger charge is -2.22. The van der Waals surface area contributed by atoms with Gasteiger partial charge in [-0.3, -0.25) is 4.79 Å². The van der Waals surface area contributed by atoms with Gasteiger partial charge in [-0.1, -0.05) is 0 Å². The summed E-state index contributed by atoms with van der Waals surface area (Å²) in [5.41, 5.74) is 0. The highest BCUT2D eigenvalue weighted by Crippen LogP contribution is 2.15. The van der Waals surface area contributed by atoms with Crippen LogP contribution in [0.15, 0.2) is 0 Å². The molecular formula is C10H21ClN2O3S. The smallest absolute Gasteiger partial charge is 0.240 e. The van der Waals surface area contributed by atoms with E-state index in [4.69, 9.17) is 0 Å². The first-order valence-electron chi connectivity index (χ1n) is 5.46. The molecule has 0 saturated carbocycles. The number of hydrogen-bond donors (Lipinski definition) is 2. The Morgan fingerprint density at radius 2 is 2.06 bits per heavy atom. The third-order valence-corrected chi connectivity index (χ3v) is 5.18. The predicted octanol–water partition coefficient (Wildman–Crippen LogP) is 0.0996. The Balaban J connectivity index is 0.00000256. The van der Waals surface area contributed by atoms with Crippen molar-refractivity contribution >= 4 is 28.2 Å². The van der Waals surface area contributed by atoms with Gasteiger partial charge in [-0.2, -0.15) is 0 Å². The summed E-state index contributed by atoms with van der Waals surface area (Å²) in [6.45, 7) is 4.33. The lowest BCUT2D eigenvalue weighted by atomic mass is 10.1. The minimum atomic E-state index is -3.38. The second kappa shape index (κ2) is 6.02. The number of amides is 1. The van der Waals surface area contributed by atoms with Gasteiger partial charge in [-0.15, -0.1) is 12.4 Å². The summed E-state index contributed by atoms with van der Waals surface area (Å²) in [7, 11) is -3.38. The van der Waals surface area contributed by atoms with Crippen LogP contribution in [0.5, 0.6) is 0 Å². The number of sulfone groups is 1. The monoisotopic (exact) mass is 284 g/mol. The number of carbonyl (C=O) groups is 1. The average molecular weight is 285 g/mol. The zero-order valence-corrected chi connectivity index (χ0v) is 12.1. The van der Waals surface area contributed by atoms with E-state index in [9.17, 15) is 13.2 Å². The molecule has 1 saturated heterocycles. The van der Waals surface area contributed by atoms with Gasteiger partial charge >= 0.3 is 0 Å². The third-order valence-electron chi connectivity index (χ3n) is 3.15. The highest BCUT2D eigenvalue weighted by Gasteiger charge is 2.38. The topological polar surface area (TPSA) is 75.3 Å². The van der Waals surface area contributed by atoms with Crippen molar-refractivity contribution in [1.29, 1.82) is 0 Å². The number of rotatable bonds is 4. The Bertz CT molecular complexity index is 362. The molecule has 5 nitrogen and oxygen atoms in total. The summed E-state index contributed by atoms with van der Waals surface area (Å²) in [5.74, 6) is -0.427. The molecule has 1 aliphatic rings. The van der Waals surface area contributed by atoms with Crippen LogP contribution in [0.1, 0.15) is 26.7 Å². The van der Waals surface area contributed by atoms with Crippen LogP contribution in [0.4, 0.5) is 0 Å². The molecule has 7 heteroatoms. The number of hydrogen-bond acceptors (Lipinski definition) is 4. The number of halogens is 1. The Hall–Kier alpha value is -0.330. The maximum atomic E-state index is 11.8. The minimum Gasteiger partial charge on any atom is -0.353 e. The van der Waals surface area contributed by atoms with Crippen LogP contribution < -0.4 is 10.6 Å². The summed E-state index contributed by atoms with van der Waals surface area (Å²) in [6.07, 6.45) is 3.22. The molecule has 102 valence electrons. The molecule has 1 atom stereocenters. The maximum absolute atomic E-state index is 11.8. The van der Waals surface area contributed by atoms with E-state index < -0.39 is 20.5 Å². The van der Waals surface area contributed by atoms with Gasteiger partial charge in [0.1, 0.15) is 4.75 Å². The molecule has 1 unspecified atom stereocenters.